The van der Waals surface area contributed by atoms with Crippen LogP contribution in [0.1, 0.15) is 38.8 Å². The number of nitrogens with one attached hydrogen (secondary N) is 2. The molecule has 27 heavy (non-hydrogen) atoms. The van der Waals surface area contributed by atoms with E-state index in [1.165, 1.54) is 5.56 Å². The lowest BCUT2D eigenvalue weighted by Gasteiger charge is -2.21. The van der Waals surface area contributed by atoms with Crippen molar-refractivity contribution in [3.05, 3.63) is 59.7 Å². The van der Waals surface area contributed by atoms with Crippen LogP contribution in [0.4, 0.5) is 0 Å². The molecule has 0 saturated carbocycles. The summed E-state index contributed by atoms with van der Waals surface area (Å²) in [6, 6.07) is 16.1. The summed E-state index contributed by atoms with van der Waals surface area (Å²) in [5.41, 5.74) is 2.06. The summed E-state index contributed by atoms with van der Waals surface area (Å²) in [5.74, 6) is 1.08. The van der Waals surface area contributed by atoms with E-state index in [0.717, 1.165) is 18.7 Å². The fourth-order valence-corrected chi connectivity index (χ4v) is 2.59. The van der Waals surface area contributed by atoms with Crippen LogP contribution in [-0.4, -0.2) is 24.7 Å². The Morgan fingerprint density at radius 3 is 2.30 bits per heavy atom. The van der Waals surface area contributed by atoms with Gasteiger partial charge in [0.15, 0.2) is 18.1 Å². The second-order valence-corrected chi connectivity index (χ2v) is 7.39. The van der Waals surface area contributed by atoms with Crippen molar-refractivity contribution in [2.45, 2.75) is 46.3 Å². The lowest BCUT2D eigenvalue weighted by molar-refractivity contribution is -0.124. The maximum absolute atomic E-state index is 12.0. The first-order valence-corrected chi connectivity index (χ1v) is 9.31. The third-order valence-corrected chi connectivity index (χ3v) is 3.68. The minimum absolute atomic E-state index is 0.0387. The minimum Gasteiger partial charge on any atom is -0.490 e. The van der Waals surface area contributed by atoms with E-state index in [0.29, 0.717) is 18.1 Å². The molecule has 5 heteroatoms. The maximum Gasteiger partial charge on any atom is 0.258 e. The molecule has 0 saturated heterocycles. The third-order valence-electron chi connectivity index (χ3n) is 3.68. The second-order valence-electron chi connectivity index (χ2n) is 7.39. The van der Waals surface area contributed by atoms with E-state index in [9.17, 15) is 4.79 Å². The van der Waals surface area contributed by atoms with Gasteiger partial charge in [-0.15, -0.1) is 0 Å². The highest BCUT2D eigenvalue weighted by molar-refractivity contribution is 5.78. The van der Waals surface area contributed by atoms with E-state index in [1.54, 1.807) is 0 Å². The molecule has 2 N–H and O–H groups in total. The van der Waals surface area contributed by atoms with Crippen molar-refractivity contribution in [1.29, 1.82) is 0 Å². The molecule has 2 aromatic rings. The summed E-state index contributed by atoms with van der Waals surface area (Å²) < 4.78 is 11.4. The van der Waals surface area contributed by atoms with E-state index in [4.69, 9.17) is 9.47 Å². The number of amides is 1. The Bertz CT molecular complexity index is 724. The van der Waals surface area contributed by atoms with Gasteiger partial charge in [0.1, 0.15) is 0 Å². The van der Waals surface area contributed by atoms with E-state index in [2.05, 4.69) is 22.8 Å². The molecule has 0 unspecified atom stereocenters. The normalized spacial score (nSPS) is 11.1. The van der Waals surface area contributed by atoms with Crippen molar-refractivity contribution in [2.75, 3.05) is 13.2 Å². The van der Waals surface area contributed by atoms with Crippen LogP contribution < -0.4 is 20.1 Å². The molecule has 5 nitrogen and oxygen atoms in total. The monoisotopic (exact) mass is 370 g/mol. The van der Waals surface area contributed by atoms with Crippen LogP contribution in [0.15, 0.2) is 48.5 Å². The van der Waals surface area contributed by atoms with Gasteiger partial charge in [0.2, 0.25) is 0 Å². The van der Waals surface area contributed by atoms with Gasteiger partial charge in [0, 0.05) is 18.6 Å². The van der Waals surface area contributed by atoms with Gasteiger partial charge >= 0.3 is 0 Å². The van der Waals surface area contributed by atoms with Crippen molar-refractivity contribution < 1.29 is 14.3 Å². The molecule has 2 rings (SSSR count). The Balaban J connectivity index is 1.93. The Morgan fingerprint density at radius 2 is 1.63 bits per heavy atom. The Hall–Kier alpha value is -2.53. The highest BCUT2D eigenvalue weighted by Crippen LogP contribution is 2.28. The van der Waals surface area contributed by atoms with Crippen molar-refractivity contribution in [3.8, 4) is 11.5 Å². The minimum atomic E-state index is -0.280. The Kier molecular flexibility index (Phi) is 7.67. The van der Waals surface area contributed by atoms with Crippen LogP contribution >= 0.6 is 0 Å². The number of benzene rings is 2. The highest BCUT2D eigenvalue weighted by atomic mass is 16.5. The zero-order chi connectivity index (χ0) is 19.7. The lowest BCUT2D eigenvalue weighted by atomic mass is 10.1. The van der Waals surface area contributed by atoms with Crippen LogP contribution in [0, 0.1) is 0 Å². The average Bonchev–Trinajstić information content (AvgIpc) is 2.61. The molecule has 0 fully saturated rings. The van der Waals surface area contributed by atoms with Gasteiger partial charge in [0.05, 0.1) is 6.61 Å². The van der Waals surface area contributed by atoms with E-state index in [-0.39, 0.29) is 18.1 Å². The van der Waals surface area contributed by atoms with Crippen molar-refractivity contribution in [2.24, 2.45) is 0 Å². The van der Waals surface area contributed by atoms with Crippen molar-refractivity contribution in [1.82, 2.24) is 10.6 Å². The molecular formula is C22H30N2O3. The molecule has 0 aliphatic carbocycles. The van der Waals surface area contributed by atoms with Gasteiger partial charge in [-0.1, -0.05) is 36.4 Å². The summed E-state index contributed by atoms with van der Waals surface area (Å²) in [6.07, 6.45) is 0. The first-order chi connectivity index (χ1) is 12.9. The molecule has 0 aromatic heterocycles. The van der Waals surface area contributed by atoms with Gasteiger partial charge < -0.3 is 20.1 Å². The SMILES string of the molecule is CCOc1cc(CNCc2ccccc2)ccc1OCC(=O)NC(C)(C)C. The summed E-state index contributed by atoms with van der Waals surface area (Å²) in [6.45, 7) is 9.76. The smallest absolute Gasteiger partial charge is 0.258 e. The molecular weight excluding hydrogens is 340 g/mol. The predicted molar refractivity (Wildman–Crippen MR) is 108 cm³/mol. The summed E-state index contributed by atoms with van der Waals surface area (Å²) in [7, 11) is 0. The van der Waals surface area contributed by atoms with Gasteiger partial charge in [-0.3, -0.25) is 4.79 Å². The van der Waals surface area contributed by atoms with Gasteiger partial charge in [-0.25, -0.2) is 0 Å². The topological polar surface area (TPSA) is 59.6 Å². The summed E-state index contributed by atoms with van der Waals surface area (Å²) >= 11 is 0. The number of hydrogen-bond acceptors (Lipinski definition) is 4. The number of hydrogen-bond donors (Lipinski definition) is 2. The molecule has 0 aliphatic heterocycles. The Morgan fingerprint density at radius 1 is 0.926 bits per heavy atom. The van der Waals surface area contributed by atoms with E-state index >= 15 is 0 Å². The molecule has 0 atom stereocenters. The zero-order valence-corrected chi connectivity index (χ0v) is 16.7. The fourth-order valence-electron chi connectivity index (χ4n) is 2.59. The third kappa shape index (κ3) is 7.71. The molecule has 1 amide bonds. The first kappa shape index (κ1) is 20.8. The predicted octanol–water partition coefficient (Wildman–Crippen LogP) is 3.67. The number of ether oxygens (including phenoxy) is 2. The number of carbonyl (C=O) groups is 1. The highest BCUT2D eigenvalue weighted by Gasteiger charge is 2.15. The molecule has 0 aliphatic rings. The maximum atomic E-state index is 12.0. The van der Waals surface area contributed by atoms with Crippen LogP contribution in [0.5, 0.6) is 11.5 Å². The molecule has 0 heterocycles. The zero-order valence-electron chi connectivity index (χ0n) is 16.7. The molecule has 146 valence electrons. The van der Waals surface area contributed by atoms with Crippen molar-refractivity contribution >= 4 is 5.91 Å². The first-order valence-electron chi connectivity index (χ1n) is 9.31. The second kappa shape index (κ2) is 9.97. The van der Waals surface area contributed by atoms with E-state index < -0.39 is 0 Å². The largest absolute Gasteiger partial charge is 0.490 e. The quantitative estimate of drug-likeness (QED) is 0.707. The van der Waals surface area contributed by atoms with Gasteiger partial charge in [-0.2, -0.15) is 0 Å². The molecule has 0 bridgehead atoms. The Labute approximate surface area is 162 Å². The lowest BCUT2D eigenvalue weighted by Crippen LogP contribution is -2.43. The molecule has 0 spiro atoms. The van der Waals surface area contributed by atoms with Gasteiger partial charge in [0.25, 0.3) is 5.91 Å². The fraction of sp³-hybridized carbons (Fsp3) is 0.409. The average molecular weight is 370 g/mol. The number of carbonyl (C=O) groups excluding carboxylic acids is 1. The van der Waals surface area contributed by atoms with Crippen LogP contribution in [0.2, 0.25) is 0 Å². The van der Waals surface area contributed by atoms with Crippen LogP contribution in [0.3, 0.4) is 0 Å². The number of rotatable bonds is 9. The summed E-state index contributed by atoms with van der Waals surface area (Å²) in [5, 5.41) is 6.30. The summed E-state index contributed by atoms with van der Waals surface area (Å²) in [4.78, 5) is 12.0. The van der Waals surface area contributed by atoms with E-state index in [1.807, 2.05) is 64.1 Å². The van der Waals surface area contributed by atoms with Crippen molar-refractivity contribution in [3.63, 3.8) is 0 Å². The van der Waals surface area contributed by atoms with Crippen LogP contribution in [-0.2, 0) is 17.9 Å². The molecule has 0 radical (unpaired) electrons. The standard InChI is InChI=1S/C22H30N2O3/c1-5-26-20-13-18(15-23-14-17-9-7-6-8-10-17)11-12-19(20)27-16-21(25)24-22(2,3)4/h6-13,23H,5,14-16H2,1-4H3,(H,24,25). The molecule has 2 aromatic carbocycles. The van der Waals surface area contributed by atoms with Gasteiger partial charge in [-0.05, 0) is 51.0 Å². The van der Waals surface area contributed by atoms with Crippen LogP contribution in [0.25, 0.3) is 0 Å².